The van der Waals surface area contributed by atoms with Crippen LogP contribution in [0.15, 0.2) is 102 Å². The number of hydrogen-bond donors (Lipinski definition) is 1. The maximum atomic E-state index is 14.9. The van der Waals surface area contributed by atoms with E-state index in [0.717, 1.165) is 149 Å². The van der Waals surface area contributed by atoms with Crippen molar-refractivity contribution in [1.29, 1.82) is 0 Å². The van der Waals surface area contributed by atoms with Crippen LogP contribution in [0.4, 0.5) is 25.3 Å². The number of rotatable bonds is 10. The van der Waals surface area contributed by atoms with Crippen molar-refractivity contribution in [2.45, 2.75) is 75.0 Å². The lowest BCUT2D eigenvalue weighted by Crippen LogP contribution is -2.50. The zero-order valence-corrected chi connectivity index (χ0v) is 40.6. The summed E-state index contributed by atoms with van der Waals surface area (Å²) >= 11 is 12.4. The number of hydrogen-bond acceptors (Lipinski definition) is 9. The molecule has 9 rings (SSSR count). The van der Waals surface area contributed by atoms with Crippen molar-refractivity contribution in [3.8, 4) is 11.5 Å². The number of thiocarbonyl (C=S) groups is 1. The largest absolute Gasteiger partial charge is 0.495 e. The Bertz CT molecular complexity index is 2360. The van der Waals surface area contributed by atoms with E-state index in [1.54, 1.807) is 55.9 Å². The van der Waals surface area contributed by atoms with E-state index in [1.807, 2.05) is 47.4 Å². The van der Waals surface area contributed by atoms with Gasteiger partial charge in [0, 0.05) is 68.7 Å². The van der Waals surface area contributed by atoms with Crippen molar-refractivity contribution in [3.63, 3.8) is 0 Å². The zero-order valence-electron chi connectivity index (χ0n) is 38.2. The average Bonchev–Trinajstić information content (AvgIpc) is 3.89. The van der Waals surface area contributed by atoms with Crippen LogP contribution in [0.2, 0.25) is 0 Å². The van der Waals surface area contributed by atoms with Crippen LogP contribution in [0.5, 0.6) is 11.5 Å². The standard InChI is InChI=1S/C26H30FN3OS.C14H16ClFO.C12H17N3OS/c1-31-23-12-6-5-11-22(23)29-15-17-30(18-16-29)25-28-24(19-32-25)26(13-7-2-8-14-26)20-9-3-4-10-21(20)27;15-10-13(17)14(8-4-1-5-9-14)11-6-2-3-7-12(11)16;1-16-11-5-3-2-4-10(11)14-6-8-15(9-7-14)12(13)17/h3-6,9-12,19H,2,7-8,13-18H2,1H3;2-3,6-7H,1,4-5,8-10H2;2-5H,6-9H2,1H3,(H2,13,17). The Hall–Kier alpha value is -4.98. The van der Waals surface area contributed by atoms with Crippen molar-refractivity contribution in [2.24, 2.45) is 5.73 Å². The molecule has 0 unspecified atom stereocenters. The number of thiazole rings is 1. The summed E-state index contributed by atoms with van der Waals surface area (Å²) in [6.07, 6.45) is 9.91. The smallest absolute Gasteiger partial charge is 0.185 e. The summed E-state index contributed by atoms with van der Waals surface area (Å²) in [4.78, 5) is 26.3. The SMILES string of the molecule is COc1ccccc1N1CCN(C(N)=S)CC1.COc1ccccc1N1CCN(c2nc(C3(c4ccccc4F)CCCCC3)cs2)CC1.O=C(CCl)C1(c2ccccc2F)CCCCC1. The lowest BCUT2D eigenvalue weighted by molar-refractivity contribution is -0.123. The van der Waals surface area contributed by atoms with E-state index < -0.39 is 5.41 Å². The Morgan fingerprint density at radius 3 is 1.62 bits per heavy atom. The Balaban J connectivity index is 0.000000161. The van der Waals surface area contributed by atoms with Gasteiger partial charge in [0.05, 0.1) is 42.6 Å². The van der Waals surface area contributed by atoms with E-state index in [0.29, 0.717) is 10.7 Å². The summed E-state index contributed by atoms with van der Waals surface area (Å²) in [6.45, 7) is 7.24. The summed E-state index contributed by atoms with van der Waals surface area (Å²) < 4.78 is 39.7. The van der Waals surface area contributed by atoms with Crippen LogP contribution in [0.1, 0.15) is 81.0 Å². The Kier molecular flexibility index (Phi) is 17.2. The lowest BCUT2D eigenvalue weighted by atomic mass is 9.67. The molecule has 9 nitrogen and oxygen atoms in total. The van der Waals surface area contributed by atoms with E-state index in [-0.39, 0.29) is 28.7 Å². The van der Waals surface area contributed by atoms with Crippen LogP contribution in [0, 0.1) is 11.6 Å². The number of carbonyl (C=O) groups is 1. The molecule has 0 bridgehead atoms. The third kappa shape index (κ3) is 11.1. The fourth-order valence-corrected chi connectivity index (χ4v) is 11.6. The number of nitrogens with two attached hydrogens (primary N) is 1. The van der Waals surface area contributed by atoms with Gasteiger partial charge < -0.3 is 34.8 Å². The summed E-state index contributed by atoms with van der Waals surface area (Å²) in [6, 6.07) is 30.2. The number of nitrogens with zero attached hydrogens (tertiary/aromatic N) is 5. The molecule has 2 N–H and O–H groups in total. The Labute approximate surface area is 403 Å². The van der Waals surface area contributed by atoms with Gasteiger partial charge in [0.25, 0.3) is 0 Å². The second-order valence-corrected chi connectivity index (χ2v) is 19.0. The third-order valence-corrected chi connectivity index (χ3v) is 15.2. The zero-order chi connectivity index (χ0) is 46.5. The number of para-hydroxylation sites is 4. The molecule has 2 aliphatic heterocycles. The first-order valence-corrected chi connectivity index (χ1v) is 25.1. The molecule has 1 aromatic heterocycles. The highest BCUT2D eigenvalue weighted by Crippen LogP contribution is 2.47. The molecule has 0 amide bonds. The molecule has 0 spiro atoms. The first-order chi connectivity index (χ1) is 32.1. The molecule has 5 aromatic rings. The lowest BCUT2D eigenvalue weighted by Gasteiger charge is -2.37. The number of carbonyl (C=O) groups excluding carboxylic acids is 1. The second kappa shape index (κ2) is 23.2. The van der Waals surface area contributed by atoms with Gasteiger partial charge in [-0.05, 0) is 79.9 Å². The molecule has 0 radical (unpaired) electrons. The summed E-state index contributed by atoms with van der Waals surface area (Å²) in [5.74, 6) is 1.37. The quantitative estimate of drug-likeness (QED) is 0.108. The molecule has 4 fully saturated rings. The average molecular weight is 958 g/mol. The van der Waals surface area contributed by atoms with Crippen LogP contribution >= 0.6 is 35.2 Å². The van der Waals surface area contributed by atoms with Crippen LogP contribution in [-0.4, -0.2) is 93.2 Å². The molecule has 3 heterocycles. The highest BCUT2D eigenvalue weighted by molar-refractivity contribution is 7.80. The van der Waals surface area contributed by atoms with Gasteiger partial charge in [0.2, 0.25) is 0 Å². The predicted octanol–water partition coefficient (Wildman–Crippen LogP) is 10.8. The fourth-order valence-electron chi connectivity index (χ4n) is 10.2. The van der Waals surface area contributed by atoms with Gasteiger partial charge in [0.1, 0.15) is 23.1 Å². The number of anilines is 3. The summed E-state index contributed by atoms with van der Waals surface area (Å²) in [5, 5.41) is 3.73. The van der Waals surface area contributed by atoms with E-state index in [1.165, 1.54) is 12.5 Å². The molecule has 14 heteroatoms. The first kappa shape index (κ1) is 48.9. The normalized spacial score (nSPS) is 18.0. The van der Waals surface area contributed by atoms with Crippen molar-refractivity contribution in [1.82, 2.24) is 9.88 Å². The molecular weight excluding hydrogens is 894 g/mol. The highest BCUT2D eigenvalue weighted by atomic mass is 35.5. The van der Waals surface area contributed by atoms with Crippen LogP contribution in [-0.2, 0) is 15.6 Å². The van der Waals surface area contributed by atoms with Gasteiger partial charge in [0.15, 0.2) is 16.0 Å². The minimum atomic E-state index is -0.675. The number of alkyl halides is 1. The predicted molar refractivity (Wildman–Crippen MR) is 270 cm³/mol. The first-order valence-electron chi connectivity index (χ1n) is 23.2. The highest BCUT2D eigenvalue weighted by Gasteiger charge is 2.42. The number of piperazine rings is 2. The molecular formula is C52H63ClF2N6O3S2. The van der Waals surface area contributed by atoms with Gasteiger partial charge in [-0.2, -0.15) is 0 Å². The number of Topliss-reactive ketones (excluding diaryl/α,β-unsaturated/α-hetero) is 1. The number of methoxy groups -OCH3 is 2. The maximum absolute atomic E-state index is 14.9. The van der Waals surface area contributed by atoms with E-state index in [2.05, 4.69) is 38.3 Å². The van der Waals surface area contributed by atoms with Crippen molar-refractivity contribution in [3.05, 3.63) is 131 Å². The molecule has 2 aliphatic carbocycles. The van der Waals surface area contributed by atoms with Crippen molar-refractivity contribution < 1.29 is 23.0 Å². The molecule has 66 heavy (non-hydrogen) atoms. The van der Waals surface area contributed by atoms with E-state index in [9.17, 15) is 13.6 Å². The van der Waals surface area contributed by atoms with Crippen LogP contribution in [0.3, 0.4) is 0 Å². The number of ether oxygens (including phenoxy) is 2. The van der Waals surface area contributed by atoms with E-state index in [4.69, 9.17) is 44.0 Å². The Morgan fingerprint density at radius 2 is 1.12 bits per heavy atom. The van der Waals surface area contributed by atoms with E-state index >= 15 is 0 Å². The van der Waals surface area contributed by atoms with Crippen LogP contribution in [0.25, 0.3) is 0 Å². The second-order valence-electron chi connectivity index (χ2n) is 17.4. The molecule has 352 valence electrons. The number of aromatic nitrogens is 1. The van der Waals surface area contributed by atoms with Gasteiger partial charge in [-0.3, -0.25) is 4.79 Å². The summed E-state index contributed by atoms with van der Waals surface area (Å²) in [7, 11) is 3.42. The monoisotopic (exact) mass is 956 g/mol. The van der Waals surface area contributed by atoms with Crippen molar-refractivity contribution >= 4 is 62.6 Å². The number of ketones is 1. The number of benzene rings is 4. The minimum absolute atomic E-state index is 0.0334. The van der Waals surface area contributed by atoms with Gasteiger partial charge in [-0.1, -0.05) is 99.2 Å². The molecule has 4 aliphatic rings. The molecule has 2 saturated heterocycles. The third-order valence-electron chi connectivity index (χ3n) is 13.8. The minimum Gasteiger partial charge on any atom is -0.495 e. The van der Waals surface area contributed by atoms with Gasteiger partial charge >= 0.3 is 0 Å². The van der Waals surface area contributed by atoms with Gasteiger partial charge in [-0.25, -0.2) is 13.8 Å². The number of halogens is 3. The molecule has 2 saturated carbocycles. The maximum Gasteiger partial charge on any atom is 0.185 e. The molecule has 0 atom stereocenters. The topological polar surface area (TPSA) is 87.4 Å². The van der Waals surface area contributed by atoms with Crippen LogP contribution < -0.4 is 29.9 Å². The fraction of sp³-hybridized carbons (Fsp3) is 0.442. The Morgan fingerprint density at radius 1 is 0.667 bits per heavy atom. The van der Waals surface area contributed by atoms with Gasteiger partial charge in [-0.15, -0.1) is 22.9 Å². The molecule has 4 aromatic carbocycles. The summed E-state index contributed by atoms with van der Waals surface area (Å²) in [5.41, 5.74) is 9.34. The van der Waals surface area contributed by atoms with Crippen molar-refractivity contribution in [2.75, 3.05) is 87.2 Å².